The summed E-state index contributed by atoms with van der Waals surface area (Å²) >= 11 is 0. The minimum absolute atomic E-state index is 0.151. The van der Waals surface area contributed by atoms with E-state index in [1.54, 1.807) is 18.2 Å². The molecular weight excluding hydrogens is 288 g/mol. The Labute approximate surface area is 123 Å². The number of rotatable bonds is 6. The molecule has 2 aromatic rings. The first-order valence-corrected chi connectivity index (χ1v) is 7.88. The number of sulfonamides is 1. The van der Waals surface area contributed by atoms with Gasteiger partial charge in [0.1, 0.15) is 0 Å². The van der Waals surface area contributed by atoms with Crippen LogP contribution in [0.1, 0.15) is 16.7 Å². The second-order valence-corrected chi connectivity index (χ2v) is 6.11. The minimum Gasteiger partial charge on any atom is -0.282 e. The van der Waals surface area contributed by atoms with Crippen LogP contribution in [0.5, 0.6) is 0 Å². The van der Waals surface area contributed by atoms with E-state index in [4.69, 9.17) is 10.1 Å². The van der Waals surface area contributed by atoms with Gasteiger partial charge in [-0.05, 0) is 23.3 Å². The molecule has 0 bridgehead atoms. The van der Waals surface area contributed by atoms with Crippen LogP contribution in [0.3, 0.4) is 0 Å². The van der Waals surface area contributed by atoms with Crippen molar-refractivity contribution in [1.82, 2.24) is 4.89 Å². The lowest BCUT2D eigenvalue weighted by atomic mass is 10.2. The van der Waals surface area contributed by atoms with Gasteiger partial charge in [0.15, 0.2) is 0 Å². The SMILES string of the molecule is N#Cc1cccc(CS(=O)(=O)NOCc2ccccc2)c1. The van der Waals surface area contributed by atoms with Gasteiger partial charge in [0.25, 0.3) is 0 Å². The zero-order chi connectivity index (χ0) is 15.1. The van der Waals surface area contributed by atoms with Crippen LogP contribution < -0.4 is 4.89 Å². The summed E-state index contributed by atoms with van der Waals surface area (Å²) in [7, 11) is -3.61. The Balaban J connectivity index is 1.91. The third-order valence-corrected chi connectivity index (χ3v) is 3.77. The Kier molecular flexibility index (Phi) is 5.06. The van der Waals surface area contributed by atoms with Crippen LogP contribution in [0.25, 0.3) is 0 Å². The van der Waals surface area contributed by atoms with Gasteiger partial charge in [-0.3, -0.25) is 4.84 Å². The van der Waals surface area contributed by atoms with Crippen LogP contribution in [-0.4, -0.2) is 8.42 Å². The molecule has 0 aliphatic carbocycles. The van der Waals surface area contributed by atoms with Crippen molar-refractivity contribution < 1.29 is 13.3 Å². The molecule has 0 amide bonds. The van der Waals surface area contributed by atoms with E-state index in [0.717, 1.165) is 5.56 Å². The molecule has 0 aliphatic heterocycles. The molecule has 1 N–H and O–H groups in total. The van der Waals surface area contributed by atoms with Crippen LogP contribution in [0.15, 0.2) is 54.6 Å². The molecule has 0 aromatic heterocycles. The summed E-state index contributed by atoms with van der Waals surface area (Å²) in [5, 5.41) is 8.79. The van der Waals surface area contributed by atoms with Crippen LogP contribution in [0, 0.1) is 11.3 Å². The highest BCUT2D eigenvalue weighted by Crippen LogP contribution is 2.08. The van der Waals surface area contributed by atoms with E-state index < -0.39 is 10.0 Å². The fourth-order valence-corrected chi connectivity index (χ4v) is 2.67. The second kappa shape index (κ2) is 6.99. The van der Waals surface area contributed by atoms with Gasteiger partial charge in [-0.1, -0.05) is 47.3 Å². The smallest absolute Gasteiger partial charge is 0.237 e. The lowest BCUT2D eigenvalue weighted by Crippen LogP contribution is -2.25. The number of nitriles is 1. The summed E-state index contributed by atoms with van der Waals surface area (Å²) in [6.07, 6.45) is 0. The number of hydrogen-bond donors (Lipinski definition) is 1. The highest BCUT2D eigenvalue weighted by atomic mass is 32.2. The first kappa shape index (κ1) is 15.2. The standard InChI is InChI=1S/C15H14N2O3S/c16-10-14-7-4-8-15(9-14)12-21(18,19)17-20-11-13-5-2-1-3-6-13/h1-9,17H,11-12H2. The molecule has 0 unspecified atom stereocenters. The lowest BCUT2D eigenvalue weighted by Gasteiger charge is -2.07. The van der Waals surface area contributed by atoms with Crippen molar-refractivity contribution in [3.8, 4) is 6.07 Å². The van der Waals surface area contributed by atoms with E-state index in [1.807, 2.05) is 36.4 Å². The van der Waals surface area contributed by atoms with Gasteiger partial charge < -0.3 is 0 Å². The summed E-state index contributed by atoms with van der Waals surface area (Å²) in [5.41, 5.74) is 1.82. The number of nitrogens with one attached hydrogen (secondary N) is 1. The van der Waals surface area contributed by atoms with Gasteiger partial charge in [0.05, 0.1) is 24.0 Å². The Morgan fingerprint density at radius 2 is 1.76 bits per heavy atom. The minimum atomic E-state index is -3.61. The van der Waals surface area contributed by atoms with Crippen molar-refractivity contribution in [1.29, 1.82) is 5.26 Å². The van der Waals surface area contributed by atoms with Crippen molar-refractivity contribution in [3.63, 3.8) is 0 Å². The van der Waals surface area contributed by atoms with Crippen LogP contribution in [0.2, 0.25) is 0 Å². The maximum atomic E-state index is 11.9. The largest absolute Gasteiger partial charge is 0.282 e. The fourth-order valence-electron chi connectivity index (χ4n) is 1.76. The van der Waals surface area contributed by atoms with Crippen molar-refractivity contribution in [2.45, 2.75) is 12.4 Å². The number of nitrogens with zero attached hydrogens (tertiary/aromatic N) is 1. The summed E-state index contributed by atoms with van der Waals surface area (Å²) in [5.74, 6) is -0.239. The maximum absolute atomic E-state index is 11.9. The lowest BCUT2D eigenvalue weighted by molar-refractivity contribution is 0.0794. The number of benzene rings is 2. The fraction of sp³-hybridized carbons (Fsp3) is 0.133. The topological polar surface area (TPSA) is 79.2 Å². The van der Waals surface area contributed by atoms with Crippen molar-refractivity contribution in [2.75, 3.05) is 0 Å². The molecular formula is C15H14N2O3S. The highest BCUT2D eigenvalue weighted by Gasteiger charge is 2.12. The second-order valence-electron chi connectivity index (χ2n) is 4.43. The zero-order valence-corrected chi connectivity index (χ0v) is 12.0. The maximum Gasteiger partial charge on any atom is 0.237 e. The molecule has 0 spiro atoms. The molecule has 108 valence electrons. The van der Waals surface area contributed by atoms with Gasteiger partial charge in [-0.15, -0.1) is 0 Å². The molecule has 6 heteroatoms. The van der Waals surface area contributed by atoms with E-state index >= 15 is 0 Å². The normalized spacial score (nSPS) is 11.0. The molecule has 0 saturated heterocycles. The zero-order valence-electron chi connectivity index (χ0n) is 11.2. The quantitative estimate of drug-likeness (QED) is 0.829. The molecule has 5 nitrogen and oxygen atoms in total. The molecule has 2 aromatic carbocycles. The highest BCUT2D eigenvalue weighted by molar-refractivity contribution is 7.88. The van der Waals surface area contributed by atoms with Crippen molar-refractivity contribution in [2.24, 2.45) is 0 Å². The first-order chi connectivity index (χ1) is 10.1. The summed E-state index contributed by atoms with van der Waals surface area (Å²) in [4.78, 5) is 7.09. The molecule has 0 aliphatic rings. The van der Waals surface area contributed by atoms with Crippen molar-refractivity contribution >= 4 is 10.0 Å². The molecule has 0 atom stereocenters. The molecule has 0 saturated carbocycles. The molecule has 2 rings (SSSR count). The van der Waals surface area contributed by atoms with Crippen LogP contribution in [-0.2, 0) is 27.2 Å². The average Bonchev–Trinajstić information content (AvgIpc) is 2.48. The average molecular weight is 302 g/mol. The monoisotopic (exact) mass is 302 g/mol. The van der Waals surface area contributed by atoms with Crippen LogP contribution >= 0.6 is 0 Å². The summed E-state index contributed by atoms with van der Waals surface area (Å²) < 4.78 is 23.7. The third kappa shape index (κ3) is 5.00. The summed E-state index contributed by atoms with van der Waals surface area (Å²) in [6, 6.07) is 17.7. The van der Waals surface area contributed by atoms with Gasteiger partial charge in [0, 0.05) is 0 Å². The Morgan fingerprint density at radius 1 is 1.05 bits per heavy atom. The van der Waals surface area contributed by atoms with E-state index in [0.29, 0.717) is 11.1 Å². The first-order valence-electron chi connectivity index (χ1n) is 6.23. The van der Waals surface area contributed by atoms with Crippen molar-refractivity contribution in [3.05, 3.63) is 71.3 Å². The van der Waals surface area contributed by atoms with E-state index in [2.05, 4.69) is 4.89 Å². The summed E-state index contributed by atoms with van der Waals surface area (Å²) in [6.45, 7) is 0.151. The van der Waals surface area contributed by atoms with Gasteiger partial charge in [-0.25, -0.2) is 8.42 Å². The number of hydrogen-bond acceptors (Lipinski definition) is 4. The van der Waals surface area contributed by atoms with Crippen LogP contribution in [0.4, 0.5) is 0 Å². The van der Waals surface area contributed by atoms with E-state index in [9.17, 15) is 8.42 Å². The Hall–Kier alpha value is -2.20. The predicted octanol–water partition coefficient (Wildman–Crippen LogP) is 2.11. The van der Waals surface area contributed by atoms with Gasteiger partial charge >= 0.3 is 0 Å². The van der Waals surface area contributed by atoms with Gasteiger partial charge in [0.2, 0.25) is 10.0 Å². The third-order valence-electron chi connectivity index (χ3n) is 2.68. The predicted molar refractivity (Wildman–Crippen MR) is 78.1 cm³/mol. The Bertz CT molecular complexity index is 737. The Morgan fingerprint density at radius 3 is 2.48 bits per heavy atom. The molecule has 0 fully saturated rings. The molecule has 21 heavy (non-hydrogen) atoms. The van der Waals surface area contributed by atoms with E-state index in [1.165, 1.54) is 6.07 Å². The van der Waals surface area contributed by atoms with E-state index in [-0.39, 0.29) is 12.4 Å². The molecule has 0 heterocycles. The molecule has 0 radical (unpaired) electrons. The van der Waals surface area contributed by atoms with Gasteiger partial charge in [-0.2, -0.15) is 5.26 Å².